The van der Waals surface area contributed by atoms with Gasteiger partial charge in [-0.05, 0) is 31.5 Å². The van der Waals surface area contributed by atoms with Gasteiger partial charge in [0.25, 0.3) is 0 Å². The number of carbonyl (C=O) groups excluding carboxylic acids is 1. The zero-order valence-corrected chi connectivity index (χ0v) is 10.9. The van der Waals surface area contributed by atoms with Crippen molar-refractivity contribution in [3.63, 3.8) is 0 Å². The van der Waals surface area contributed by atoms with Gasteiger partial charge in [0, 0.05) is 12.1 Å². The molecule has 1 atom stereocenters. The van der Waals surface area contributed by atoms with E-state index in [1.54, 1.807) is 19.1 Å². The maximum Gasteiger partial charge on any atom is 0.319 e. The number of urea groups is 1. The summed E-state index contributed by atoms with van der Waals surface area (Å²) < 4.78 is 13.3. The summed E-state index contributed by atoms with van der Waals surface area (Å²) in [6, 6.07) is 4.16. The molecular formula is C13H16FN3O2. The van der Waals surface area contributed by atoms with Crippen molar-refractivity contribution in [2.45, 2.75) is 26.4 Å². The quantitative estimate of drug-likeness (QED) is 0.881. The normalized spacial score (nSPS) is 17.6. The number of rotatable bonds is 3. The number of nitrogens with zero attached hydrogens (tertiary/aromatic N) is 1. The SMILES string of the molecule is CC1=NO[C@@H](CNC(=O)Nc2ccc(C)c(F)c2)C1. The first-order valence-electron chi connectivity index (χ1n) is 6.05. The van der Waals surface area contributed by atoms with Gasteiger partial charge in [-0.3, -0.25) is 0 Å². The molecule has 2 amide bonds. The zero-order valence-electron chi connectivity index (χ0n) is 10.9. The van der Waals surface area contributed by atoms with E-state index in [-0.39, 0.29) is 11.9 Å². The van der Waals surface area contributed by atoms with Crippen molar-refractivity contribution in [2.75, 3.05) is 11.9 Å². The van der Waals surface area contributed by atoms with Crippen molar-refractivity contribution < 1.29 is 14.0 Å². The molecule has 0 saturated carbocycles. The Kier molecular flexibility index (Phi) is 3.99. The summed E-state index contributed by atoms with van der Waals surface area (Å²) in [7, 11) is 0. The number of anilines is 1. The predicted octanol–water partition coefficient (Wildman–Crippen LogP) is 2.42. The lowest BCUT2D eigenvalue weighted by Gasteiger charge is -2.11. The van der Waals surface area contributed by atoms with Gasteiger partial charge < -0.3 is 15.5 Å². The molecule has 19 heavy (non-hydrogen) atoms. The Hall–Kier alpha value is -2.11. The van der Waals surface area contributed by atoms with Crippen LogP contribution in [0.4, 0.5) is 14.9 Å². The second-order valence-corrected chi connectivity index (χ2v) is 4.56. The van der Waals surface area contributed by atoms with Crippen LogP contribution in [0.2, 0.25) is 0 Å². The van der Waals surface area contributed by atoms with Crippen LogP contribution in [0.1, 0.15) is 18.9 Å². The first-order chi connectivity index (χ1) is 9.04. The second-order valence-electron chi connectivity index (χ2n) is 4.56. The number of nitrogens with one attached hydrogen (secondary N) is 2. The van der Waals surface area contributed by atoms with Crippen LogP contribution in [-0.4, -0.2) is 24.4 Å². The van der Waals surface area contributed by atoms with Crippen LogP contribution in [0.15, 0.2) is 23.4 Å². The summed E-state index contributed by atoms with van der Waals surface area (Å²) in [4.78, 5) is 16.7. The van der Waals surface area contributed by atoms with Crippen molar-refractivity contribution in [3.8, 4) is 0 Å². The summed E-state index contributed by atoms with van der Waals surface area (Å²) in [6.07, 6.45) is 0.583. The lowest BCUT2D eigenvalue weighted by Crippen LogP contribution is -2.35. The Morgan fingerprint density at radius 3 is 2.95 bits per heavy atom. The fraction of sp³-hybridized carbons (Fsp3) is 0.385. The molecule has 0 unspecified atom stereocenters. The fourth-order valence-corrected chi connectivity index (χ4v) is 1.73. The number of hydrogen-bond acceptors (Lipinski definition) is 3. The van der Waals surface area contributed by atoms with Gasteiger partial charge in [0.15, 0.2) is 0 Å². The smallest absolute Gasteiger partial charge is 0.319 e. The van der Waals surface area contributed by atoms with Crippen LogP contribution in [0.25, 0.3) is 0 Å². The van der Waals surface area contributed by atoms with Crippen molar-refractivity contribution in [1.82, 2.24) is 5.32 Å². The summed E-state index contributed by atoms with van der Waals surface area (Å²) >= 11 is 0. The maximum atomic E-state index is 13.3. The molecule has 2 rings (SSSR count). The molecule has 1 aliphatic heterocycles. The van der Waals surface area contributed by atoms with Crippen LogP contribution in [0.3, 0.4) is 0 Å². The van der Waals surface area contributed by atoms with Gasteiger partial charge in [-0.25, -0.2) is 9.18 Å². The Labute approximate surface area is 110 Å². The Morgan fingerprint density at radius 1 is 1.53 bits per heavy atom. The topological polar surface area (TPSA) is 62.7 Å². The highest BCUT2D eigenvalue weighted by Crippen LogP contribution is 2.13. The van der Waals surface area contributed by atoms with Crippen LogP contribution in [0, 0.1) is 12.7 Å². The van der Waals surface area contributed by atoms with Crippen molar-refractivity contribution in [3.05, 3.63) is 29.6 Å². The van der Waals surface area contributed by atoms with Crippen LogP contribution < -0.4 is 10.6 Å². The van der Waals surface area contributed by atoms with Gasteiger partial charge >= 0.3 is 6.03 Å². The average Bonchev–Trinajstić information content (AvgIpc) is 2.77. The predicted molar refractivity (Wildman–Crippen MR) is 70.8 cm³/mol. The third kappa shape index (κ3) is 3.67. The molecule has 0 radical (unpaired) electrons. The number of halogens is 1. The van der Waals surface area contributed by atoms with Gasteiger partial charge in [0.05, 0.1) is 12.3 Å². The minimum Gasteiger partial charge on any atom is -0.390 e. The van der Waals surface area contributed by atoms with Gasteiger partial charge in [-0.1, -0.05) is 11.2 Å². The number of hydrogen-bond donors (Lipinski definition) is 2. The van der Waals surface area contributed by atoms with E-state index in [4.69, 9.17) is 4.84 Å². The Balaban J connectivity index is 1.79. The summed E-state index contributed by atoms with van der Waals surface area (Å²) in [6.45, 7) is 3.90. The molecule has 0 spiro atoms. The largest absolute Gasteiger partial charge is 0.390 e. The van der Waals surface area contributed by atoms with E-state index < -0.39 is 6.03 Å². The molecule has 1 aromatic rings. The van der Waals surface area contributed by atoms with E-state index in [1.165, 1.54) is 6.07 Å². The highest BCUT2D eigenvalue weighted by molar-refractivity contribution is 5.89. The van der Waals surface area contributed by atoms with Crippen molar-refractivity contribution in [1.29, 1.82) is 0 Å². The molecule has 0 aliphatic carbocycles. The van der Waals surface area contributed by atoms with E-state index in [9.17, 15) is 9.18 Å². The zero-order chi connectivity index (χ0) is 13.8. The number of oxime groups is 1. The van der Waals surface area contributed by atoms with Crippen LogP contribution in [0.5, 0.6) is 0 Å². The second kappa shape index (κ2) is 5.69. The minimum absolute atomic E-state index is 0.125. The highest BCUT2D eigenvalue weighted by atomic mass is 19.1. The molecule has 1 aliphatic rings. The number of amides is 2. The van der Waals surface area contributed by atoms with Gasteiger partial charge in [0.1, 0.15) is 11.9 Å². The molecule has 0 fully saturated rings. The highest BCUT2D eigenvalue weighted by Gasteiger charge is 2.18. The molecule has 0 aromatic heterocycles. The summed E-state index contributed by atoms with van der Waals surface area (Å²) in [5, 5.41) is 9.02. The minimum atomic E-state index is -0.392. The number of benzene rings is 1. The molecule has 2 N–H and O–H groups in total. The van der Waals surface area contributed by atoms with Crippen molar-refractivity contribution in [2.24, 2.45) is 5.16 Å². The summed E-state index contributed by atoms with van der Waals surface area (Å²) in [5.74, 6) is -0.346. The van der Waals surface area contributed by atoms with Crippen LogP contribution in [-0.2, 0) is 4.84 Å². The molecule has 102 valence electrons. The standard InChI is InChI=1S/C13H16FN3O2/c1-8-3-4-10(6-12(8)14)16-13(18)15-7-11-5-9(2)17-19-11/h3-4,6,11H,5,7H2,1-2H3,(H2,15,16,18)/t11-/m1/s1. The monoisotopic (exact) mass is 265 g/mol. The van der Waals surface area contributed by atoms with Gasteiger partial charge in [0.2, 0.25) is 0 Å². The average molecular weight is 265 g/mol. The van der Waals surface area contributed by atoms with Crippen LogP contribution >= 0.6 is 0 Å². The van der Waals surface area contributed by atoms with Gasteiger partial charge in [-0.15, -0.1) is 0 Å². The molecule has 1 aromatic carbocycles. The third-order valence-electron chi connectivity index (χ3n) is 2.80. The lowest BCUT2D eigenvalue weighted by atomic mass is 10.2. The number of aryl methyl sites for hydroxylation is 1. The Bertz CT molecular complexity index is 517. The summed E-state index contributed by atoms with van der Waals surface area (Å²) in [5.41, 5.74) is 1.87. The van der Waals surface area contributed by atoms with E-state index in [2.05, 4.69) is 15.8 Å². The molecule has 5 nitrogen and oxygen atoms in total. The molecule has 0 bridgehead atoms. The first-order valence-corrected chi connectivity index (χ1v) is 6.05. The Morgan fingerprint density at radius 2 is 2.32 bits per heavy atom. The van der Waals surface area contributed by atoms with E-state index in [1.807, 2.05) is 6.92 Å². The van der Waals surface area contributed by atoms with E-state index in [0.717, 1.165) is 5.71 Å². The van der Waals surface area contributed by atoms with Gasteiger partial charge in [-0.2, -0.15) is 0 Å². The van der Waals surface area contributed by atoms with E-state index >= 15 is 0 Å². The molecule has 6 heteroatoms. The maximum absolute atomic E-state index is 13.3. The molecule has 1 heterocycles. The molecule has 0 saturated heterocycles. The molecular weight excluding hydrogens is 249 g/mol. The lowest BCUT2D eigenvalue weighted by molar-refractivity contribution is 0.0870. The fourth-order valence-electron chi connectivity index (χ4n) is 1.73. The van der Waals surface area contributed by atoms with Crippen molar-refractivity contribution >= 4 is 17.4 Å². The number of carbonyl (C=O) groups is 1. The third-order valence-corrected chi connectivity index (χ3v) is 2.80. The first kappa shape index (κ1) is 13.3. The van der Waals surface area contributed by atoms with E-state index in [0.29, 0.717) is 24.2 Å².